The van der Waals surface area contributed by atoms with E-state index >= 15 is 0 Å². The van der Waals surface area contributed by atoms with Crippen LogP contribution < -0.4 is 5.32 Å². The minimum Gasteiger partial charge on any atom is -0.346 e. The number of likely N-dealkylation sites (tertiary alicyclic amines) is 1. The van der Waals surface area contributed by atoms with E-state index in [1.807, 2.05) is 19.3 Å². The normalized spacial score (nSPS) is 21.9. The Bertz CT molecular complexity index is 1050. The number of piperidine rings is 1. The number of H-pyrrole nitrogens is 1. The smallest absolute Gasteiger partial charge is 0.224 e. The summed E-state index contributed by atoms with van der Waals surface area (Å²) in [6, 6.07) is 4.10. The van der Waals surface area contributed by atoms with E-state index in [1.54, 1.807) is 0 Å². The lowest BCUT2D eigenvalue weighted by Gasteiger charge is -2.30. The number of carbonyl (C=O) groups excluding carboxylic acids is 2. The van der Waals surface area contributed by atoms with E-state index in [-0.39, 0.29) is 23.3 Å². The fourth-order valence-corrected chi connectivity index (χ4v) is 5.75. The second kappa shape index (κ2) is 10.8. The molecule has 2 aromatic heterocycles. The summed E-state index contributed by atoms with van der Waals surface area (Å²) in [7, 11) is 2.16. The molecule has 2 saturated carbocycles. The lowest BCUT2D eigenvalue weighted by molar-refractivity contribution is -0.124. The third-order valence-corrected chi connectivity index (χ3v) is 8.67. The lowest BCUT2D eigenvalue weighted by Crippen LogP contribution is -2.36. The van der Waals surface area contributed by atoms with Gasteiger partial charge >= 0.3 is 0 Å². The largest absolute Gasteiger partial charge is 0.346 e. The van der Waals surface area contributed by atoms with Crippen molar-refractivity contribution in [1.82, 2.24) is 25.2 Å². The van der Waals surface area contributed by atoms with Crippen LogP contribution in [0, 0.1) is 11.3 Å². The molecule has 1 spiro atoms. The Morgan fingerprint density at radius 3 is 2.64 bits per heavy atom. The van der Waals surface area contributed by atoms with Gasteiger partial charge in [0.25, 0.3) is 0 Å². The van der Waals surface area contributed by atoms with Crippen molar-refractivity contribution >= 4 is 11.7 Å². The van der Waals surface area contributed by atoms with Gasteiger partial charge in [0.1, 0.15) is 11.6 Å². The Hall–Kier alpha value is -2.54. The molecule has 194 valence electrons. The van der Waals surface area contributed by atoms with E-state index in [1.165, 1.54) is 18.5 Å². The van der Waals surface area contributed by atoms with Crippen molar-refractivity contribution < 1.29 is 9.59 Å². The van der Waals surface area contributed by atoms with Gasteiger partial charge in [0.05, 0.1) is 17.9 Å². The Morgan fingerprint density at radius 2 is 1.94 bits per heavy atom. The number of aromatic nitrogens is 3. The van der Waals surface area contributed by atoms with Crippen molar-refractivity contribution in [3.05, 3.63) is 36.0 Å². The molecule has 0 bridgehead atoms. The lowest BCUT2D eigenvalue weighted by atomic mass is 9.91. The number of unbranched alkanes of at least 4 members (excludes halogenated alkanes) is 2. The average Bonchev–Trinajstić information content (AvgIpc) is 3.81. The van der Waals surface area contributed by atoms with Gasteiger partial charge in [-0.1, -0.05) is 19.8 Å². The fourth-order valence-electron chi connectivity index (χ4n) is 5.75. The van der Waals surface area contributed by atoms with E-state index in [0.717, 1.165) is 75.1 Å². The quantitative estimate of drug-likeness (QED) is 0.400. The van der Waals surface area contributed by atoms with Gasteiger partial charge in [-0.3, -0.25) is 14.6 Å². The van der Waals surface area contributed by atoms with Gasteiger partial charge in [0.2, 0.25) is 5.91 Å². The molecule has 7 heteroatoms. The summed E-state index contributed by atoms with van der Waals surface area (Å²) in [5.74, 6) is 2.09. The van der Waals surface area contributed by atoms with Crippen LogP contribution in [0.25, 0.3) is 11.3 Å². The van der Waals surface area contributed by atoms with Gasteiger partial charge < -0.3 is 15.2 Å². The molecule has 0 aromatic carbocycles. The van der Waals surface area contributed by atoms with Crippen LogP contribution in [0.3, 0.4) is 0 Å². The molecule has 2 aliphatic carbocycles. The molecule has 1 amide bonds. The van der Waals surface area contributed by atoms with Gasteiger partial charge in [0.15, 0.2) is 0 Å². The van der Waals surface area contributed by atoms with Gasteiger partial charge in [-0.2, -0.15) is 0 Å². The van der Waals surface area contributed by atoms with Crippen molar-refractivity contribution in [2.45, 2.75) is 89.5 Å². The van der Waals surface area contributed by atoms with E-state index in [2.05, 4.69) is 39.4 Å². The summed E-state index contributed by atoms with van der Waals surface area (Å²) in [5.41, 5.74) is 3.35. The summed E-state index contributed by atoms with van der Waals surface area (Å²) >= 11 is 0. The van der Waals surface area contributed by atoms with E-state index in [4.69, 9.17) is 4.98 Å². The van der Waals surface area contributed by atoms with Crippen LogP contribution in [0.1, 0.15) is 101 Å². The second-order valence-corrected chi connectivity index (χ2v) is 11.4. The van der Waals surface area contributed by atoms with Crippen LogP contribution in [-0.2, 0) is 9.59 Å². The van der Waals surface area contributed by atoms with Crippen LogP contribution in [0.15, 0.2) is 24.5 Å². The molecule has 0 unspecified atom stereocenters. The number of carbonyl (C=O) groups is 2. The van der Waals surface area contributed by atoms with Crippen LogP contribution >= 0.6 is 0 Å². The average molecular weight is 492 g/mol. The van der Waals surface area contributed by atoms with E-state index in [0.29, 0.717) is 24.5 Å². The first-order valence-electron chi connectivity index (χ1n) is 14.0. The van der Waals surface area contributed by atoms with Crippen LogP contribution in [0.2, 0.25) is 0 Å². The molecular formula is C29H41N5O2. The van der Waals surface area contributed by atoms with E-state index < -0.39 is 0 Å². The number of imidazole rings is 1. The molecule has 3 fully saturated rings. The maximum atomic E-state index is 13.3. The predicted molar refractivity (Wildman–Crippen MR) is 140 cm³/mol. The number of aromatic amines is 1. The van der Waals surface area contributed by atoms with Gasteiger partial charge in [0, 0.05) is 42.1 Å². The van der Waals surface area contributed by atoms with Gasteiger partial charge in [-0.15, -0.1) is 0 Å². The number of ketones is 1. The van der Waals surface area contributed by atoms with Crippen LogP contribution in [-0.4, -0.2) is 51.7 Å². The van der Waals surface area contributed by atoms with Crippen molar-refractivity contribution in [2.24, 2.45) is 11.3 Å². The van der Waals surface area contributed by atoms with Gasteiger partial charge in [-0.05, 0) is 82.6 Å². The molecule has 5 rings (SSSR count). The predicted octanol–water partition coefficient (Wildman–Crippen LogP) is 5.17. The van der Waals surface area contributed by atoms with Crippen LogP contribution in [0.5, 0.6) is 0 Å². The first-order valence-corrected chi connectivity index (χ1v) is 14.0. The highest BCUT2D eigenvalue weighted by Crippen LogP contribution is 2.59. The maximum absolute atomic E-state index is 13.3. The van der Waals surface area contributed by atoms with E-state index in [9.17, 15) is 9.59 Å². The van der Waals surface area contributed by atoms with Crippen LogP contribution in [0.4, 0.5) is 0 Å². The molecule has 1 saturated heterocycles. The highest BCUT2D eigenvalue weighted by atomic mass is 16.2. The molecule has 2 aromatic rings. The summed E-state index contributed by atoms with van der Waals surface area (Å²) in [4.78, 5) is 40.1. The maximum Gasteiger partial charge on any atom is 0.224 e. The SMILES string of the molecule is CCC(=O)CCCCC[C@H](NC(=O)[C@H]1CC12CCN(C)CC2)c1ncc(-c2ccc(C3CC3)nc2)[nH]1. The molecule has 3 heterocycles. The summed E-state index contributed by atoms with van der Waals surface area (Å²) in [6.07, 6.45) is 14.5. The molecule has 36 heavy (non-hydrogen) atoms. The molecule has 0 radical (unpaired) electrons. The van der Waals surface area contributed by atoms with Gasteiger partial charge in [-0.25, -0.2) is 4.98 Å². The molecule has 7 nitrogen and oxygen atoms in total. The minimum atomic E-state index is -0.143. The highest BCUT2D eigenvalue weighted by molar-refractivity contribution is 5.83. The Labute approximate surface area is 214 Å². The highest BCUT2D eigenvalue weighted by Gasteiger charge is 2.58. The zero-order chi connectivity index (χ0) is 25.1. The molecule has 2 N–H and O–H groups in total. The molecule has 1 aliphatic heterocycles. The first kappa shape index (κ1) is 25.1. The summed E-state index contributed by atoms with van der Waals surface area (Å²) in [6.45, 7) is 4.09. The number of hydrogen-bond acceptors (Lipinski definition) is 5. The number of nitrogens with one attached hydrogen (secondary N) is 2. The second-order valence-electron chi connectivity index (χ2n) is 11.4. The third kappa shape index (κ3) is 5.88. The number of amides is 1. The first-order chi connectivity index (χ1) is 17.5. The number of rotatable bonds is 12. The van der Waals surface area contributed by atoms with Crippen molar-refractivity contribution in [3.8, 4) is 11.3 Å². The monoisotopic (exact) mass is 491 g/mol. The summed E-state index contributed by atoms with van der Waals surface area (Å²) in [5, 5.41) is 3.36. The zero-order valence-electron chi connectivity index (χ0n) is 21.9. The Morgan fingerprint density at radius 1 is 1.14 bits per heavy atom. The van der Waals surface area contributed by atoms with Crippen molar-refractivity contribution in [3.63, 3.8) is 0 Å². The molecular weight excluding hydrogens is 450 g/mol. The molecule has 2 atom stereocenters. The number of hydrogen-bond donors (Lipinski definition) is 2. The van der Waals surface area contributed by atoms with Crippen molar-refractivity contribution in [1.29, 1.82) is 0 Å². The number of nitrogens with zero attached hydrogens (tertiary/aromatic N) is 3. The number of Topliss-reactive ketones (excluding diaryl/α,β-unsaturated/α-hetero) is 1. The third-order valence-electron chi connectivity index (χ3n) is 8.67. The van der Waals surface area contributed by atoms with Crippen molar-refractivity contribution in [2.75, 3.05) is 20.1 Å². The number of pyridine rings is 1. The minimum absolute atomic E-state index is 0.129. The topological polar surface area (TPSA) is 91.0 Å². The summed E-state index contributed by atoms with van der Waals surface area (Å²) < 4.78 is 0. The Balaban J connectivity index is 1.23. The zero-order valence-corrected chi connectivity index (χ0v) is 21.9. The Kier molecular flexibility index (Phi) is 7.56. The standard InChI is InChI=1S/C29H41N5O2/c1-3-22(35)7-5-4-6-8-25(33-28(36)23-17-29(23)13-15-34(2)16-14-29)27-31-19-26(32-27)21-11-12-24(30-18-21)20-9-10-20/h11-12,18-20,23,25H,3-10,13-17H2,1-2H3,(H,31,32)(H,33,36)/t23-,25+/m1/s1. The molecule has 3 aliphatic rings. The fraction of sp³-hybridized carbons (Fsp3) is 0.655.